The molecule has 0 aliphatic heterocycles. The number of thiophene rings is 1. The van der Waals surface area contributed by atoms with Gasteiger partial charge in [0.25, 0.3) is 5.91 Å². The number of hydrogen-bond acceptors (Lipinski definition) is 4. The second kappa shape index (κ2) is 9.36. The van der Waals surface area contributed by atoms with Gasteiger partial charge in [0.05, 0.1) is 0 Å². The molecule has 4 nitrogen and oxygen atoms in total. The van der Waals surface area contributed by atoms with Crippen LogP contribution in [0.4, 0.5) is 0 Å². The monoisotopic (exact) mass is 375 g/mol. The molecule has 5 heteroatoms. The van der Waals surface area contributed by atoms with Crippen LogP contribution in [0.5, 0.6) is 0 Å². The Hall–Kier alpha value is -1.62. The summed E-state index contributed by atoms with van der Waals surface area (Å²) in [6.07, 6.45) is 13.0. The van der Waals surface area contributed by atoms with Gasteiger partial charge >= 0.3 is 5.97 Å². The quantitative estimate of drug-likeness (QED) is 0.450. The van der Waals surface area contributed by atoms with Gasteiger partial charge in [0, 0.05) is 11.4 Å². The maximum Gasteiger partial charge on any atom is 0.349 e. The second-order valence-electron chi connectivity index (χ2n) is 7.32. The van der Waals surface area contributed by atoms with Gasteiger partial charge in [-0.3, -0.25) is 4.79 Å². The highest BCUT2D eigenvalue weighted by Gasteiger charge is 2.22. The summed E-state index contributed by atoms with van der Waals surface area (Å²) in [7, 11) is 0. The largest absolute Gasteiger partial charge is 0.448 e. The smallest absolute Gasteiger partial charge is 0.349 e. The molecule has 3 rings (SSSR count). The zero-order valence-corrected chi connectivity index (χ0v) is 16.5. The molecule has 0 aromatic carbocycles. The van der Waals surface area contributed by atoms with Gasteiger partial charge < -0.3 is 10.1 Å². The van der Waals surface area contributed by atoms with Gasteiger partial charge in [-0.15, -0.1) is 11.3 Å². The van der Waals surface area contributed by atoms with Crippen LogP contribution < -0.4 is 5.32 Å². The molecule has 0 saturated carbocycles. The van der Waals surface area contributed by atoms with Gasteiger partial charge in [-0.1, -0.05) is 18.1 Å². The van der Waals surface area contributed by atoms with Crippen molar-refractivity contribution in [1.29, 1.82) is 0 Å². The molecule has 1 amide bonds. The van der Waals surface area contributed by atoms with E-state index in [1.165, 1.54) is 59.5 Å². The van der Waals surface area contributed by atoms with Crippen molar-refractivity contribution in [2.24, 2.45) is 0 Å². The lowest BCUT2D eigenvalue weighted by Gasteiger charge is -2.15. The zero-order chi connectivity index (χ0) is 18.4. The van der Waals surface area contributed by atoms with Crippen molar-refractivity contribution in [1.82, 2.24) is 5.32 Å². The van der Waals surface area contributed by atoms with Crippen LogP contribution in [0.1, 0.15) is 78.4 Å². The minimum absolute atomic E-state index is 0.215. The fourth-order valence-electron chi connectivity index (χ4n) is 3.66. The van der Waals surface area contributed by atoms with Crippen LogP contribution in [0.25, 0.3) is 0 Å². The molecule has 0 saturated heterocycles. The molecule has 1 N–H and O–H groups in total. The van der Waals surface area contributed by atoms with Crippen molar-refractivity contribution in [3.63, 3.8) is 0 Å². The summed E-state index contributed by atoms with van der Waals surface area (Å²) in [4.78, 5) is 26.5. The number of nitrogens with one attached hydrogen (secondary N) is 1. The SMILES string of the molecule is C[C@H](OC(=O)c1cc2c(s1)CCCCC2)C(=O)NCCC1=CCCCC1. The third-order valence-corrected chi connectivity index (χ3v) is 6.45. The summed E-state index contributed by atoms with van der Waals surface area (Å²) in [6, 6.07) is 1.97. The predicted octanol–water partition coefficient (Wildman–Crippen LogP) is 4.57. The van der Waals surface area contributed by atoms with E-state index in [1.807, 2.05) is 6.07 Å². The highest BCUT2D eigenvalue weighted by Crippen LogP contribution is 2.29. The maximum atomic E-state index is 12.4. The average molecular weight is 376 g/mol. The summed E-state index contributed by atoms with van der Waals surface area (Å²) >= 11 is 1.53. The third-order valence-electron chi connectivity index (χ3n) is 5.23. The normalized spacial score (nSPS) is 18.3. The molecular formula is C21H29NO3S. The number of hydrogen-bond donors (Lipinski definition) is 1. The number of rotatable bonds is 6. The third kappa shape index (κ3) is 5.19. The van der Waals surface area contributed by atoms with Gasteiger partial charge in [-0.2, -0.15) is 0 Å². The Bertz CT molecular complexity index is 653. The Morgan fingerprint density at radius 3 is 2.77 bits per heavy atom. The van der Waals surface area contributed by atoms with Crippen LogP contribution in [-0.4, -0.2) is 24.5 Å². The Morgan fingerprint density at radius 1 is 1.15 bits per heavy atom. The number of amides is 1. The van der Waals surface area contributed by atoms with Crippen LogP contribution in [-0.2, 0) is 22.4 Å². The summed E-state index contributed by atoms with van der Waals surface area (Å²) < 4.78 is 5.39. The van der Waals surface area contributed by atoms with Gasteiger partial charge in [-0.05, 0) is 76.3 Å². The fraction of sp³-hybridized carbons (Fsp3) is 0.619. The number of fused-ring (bicyclic) bond motifs is 1. The van der Waals surface area contributed by atoms with E-state index in [2.05, 4.69) is 11.4 Å². The van der Waals surface area contributed by atoms with Crippen molar-refractivity contribution in [3.05, 3.63) is 33.0 Å². The number of carbonyl (C=O) groups is 2. The van der Waals surface area contributed by atoms with Crippen LogP contribution in [0.3, 0.4) is 0 Å². The first-order valence-corrected chi connectivity index (χ1v) is 10.7. The molecule has 0 fully saturated rings. The highest BCUT2D eigenvalue weighted by molar-refractivity contribution is 7.14. The molecule has 0 bridgehead atoms. The molecule has 0 radical (unpaired) electrons. The first-order chi connectivity index (χ1) is 12.6. The van der Waals surface area contributed by atoms with Gasteiger partial charge in [0.2, 0.25) is 0 Å². The topological polar surface area (TPSA) is 55.4 Å². The summed E-state index contributed by atoms with van der Waals surface area (Å²) in [5.74, 6) is -0.589. The van der Waals surface area contributed by atoms with Crippen molar-refractivity contribution in [2.45, 2.75) is 77.2 Å². The Kier molecular flexibility index (Phi) is 6.89. The van der Waals surface area contributed by atoms with Crippen LogP contribution in [0.2, 0.25) is 0 Å². The minimum atomic E-state index is -0.759. The molecule has 142 valence electrons. The lowest BCUT2D eigenvalue weighted by Crippen LogP contribution is -2.36. The van der Waals surface area contributed by atoms with E-state index >= 15 is 0 Å². The molecule has 1 aromatic heterocycles. The van der Waals surface area contributed by atoms with E-state index in [4.69, 9.17) is 4.74 Å². The molecule has 1 heterocycles. The van der Waals surface area contributed by atoms with Crippen LogP contribution in [0.15, 0.2) is 17.7 Å². The Morgan fingerprint density at radius 2 is 1.96 bits per heavy atom. The molecule has 0 spiro atoms. The van der Waals surface area contributed by atoms with Crippen molar-refractivity contribution >= 4 is 23.2 Å². The lowest BCUT2D eigenvalue weighted by atomic mass is 9.97. The molecule has 0 unspecified atom stereocenters. The molecular weight excluding hydrogens is 346 g/mol. The van der Waals surface area contributed by atoms with Gasteiger partial charge in [0.1, 0.15) is 4.88 Å². The number of carbonyl (C=O) groups excluding carboxylic acids is 2. The number of ether oxygens (including phenoxy) is 1. The van der Waals surface area contributed by atoms with E-state index in [0.717, 1.165) is 32.1 Å². The first kappa shape index (κ1) is 19.2. The number of allylic oxidation sites excluding steroid dienone is 1. The summed E-state index contributed by atoms with van der Waals surface area (Å²) in [6.45, 7) is 2.26. The molecule has 2 aliphatic carbocycles. The molecule has 1 aromatic rings. The summed E-state index contributed by atoms with van der Waals surface area (Å²) in [5, 5.41) is 2.89. The van der Waals surface area contributed by atoms with Crippen LogP contribution >= 0.6 is 11.3 Å². The van der Waals surface area contributed by atoms with E-state index in [0.29, 0.717) is 11.4 Å². The molecule has 2 aliphatic rings. The maximum absolute atomic E-state index is 12.4. The Balaban J connectivity index is 1.46. The van der Waals surface area contributed by atoms with Gasteiger partial charge in [0.15, 0.2) is 6.10 Å². The first-order valence-electron chi connectivity index (χ1n) is 9.91. The average Bonchev–Trinajstić information content (AvgIpc) is 2.93. The van der Waals surface area contributed by atoms with Crippen molar-refractivity contribution in [3.8, 4) is 0 Å². The van der Waals surface area contributed by atoms with E-state index in [-0.39, 0.29) is 11.9 Å². The number of esters is 1. The Labute approximate surface area is 160 Å². The standard InChI is InChI=1S/C21H29NO3S/c1-15(20(23)22-13-12-16-8-4-2-5-9-16)25-21(24)19-14-17-10-6-3-7-11-18(17)26-19/h8,14-15H,2-7,9-13H2,1H3,(H,22,23)/t15-/m0/s1. The molecule has 26 heavy (non-hydrogen) atoms. The lowest BCUT2D eigenvalue weighted by molar-refractivity contribution is -0.129. The second-order valence-corrected chi connectivity index (χ2v) is 8.45. The molecule has 1 atom stereocenters. The highest BCUT2D eigenvalue weighted by atomic mass is 32.1. The summed E-state index contributed by atoms with van der Waals surface area (Å²) in [5.41, 5.74) is 2.72. The predicted molar refractivity (Wildman–Crippen MR) is 105 cm³/mol. The fourth-order valence-corrected chi connectivity index (χ4v) is 4.80. The van der Waals surface area contributed by atoms with Crippen molar-refractivity contribution < 1.29 is 14.3 Å². The van der Waals surface area contributed by atoms with E-state index in [1.54, 1.807) is 6.92 Å². The number of aryl methyl sites for hydroxylation is 2. The van der Waals surface area contributed by atoms with Gasteiger partial charge in [-0.25, -0.2) is 4.79 Å². The van der Waals surface area contributed by atoms with Crippen LogP contribution in [0, 0.1) is 0 Å². The van der Waals surface area contributed by atoms with E-state index in [9.17, 15) is 9.59 Å². The zero-order valence-electron chi connectivity index (χ0n) is 15.6. The minimum Gasteiger partial charge on any atom is -0.448 e. The van der Waals surface area contributed by atoms with E-state index < -0.39 is 6.10 Å². The van der Waals surface area contributed by atoms with Crippen molar-refractivity contribution in [2.75, 3.05) is 6.54 Å².